The molecule has 0 aliphatic heterocycles. The van der Waals surface area contributed by atoms with Gasteiger partial charge in [0.15, 0.2) is 0 Å². The van der Waals surface area contributed by atoms with Crippen LogP contribution in [0.15, 0.2) is 29.6 Å². The van der Waals surface area contributed by atoms with Crippen molar-refractivity contribution in [3.8, 4) is 0 Å². The van der Waals surface area contributed by atoms with Gasteiger partial charge in [-0.2, -0.15) is 5.10 Å². The van der Waals surface area contributed by atoms with Gasteiger partial charge in [-0.3, -0.25) is 4.98 Å². The van der Waals surface area contributed by atoms with Crippen LogP contribution in [0.3, 0.4) is 0 Å². The Bertz CT molecular complexity index is 241. The zero-order valence-corrected chi connectivity index (χ0v) is 6.70. The lowest BCUT2D eigenvalue weighted by Gasteiger charge is -1.97. The molecule has 3 nitrogen and oxygen atoms in total. The van der Waals surface area contributed by atoms with Crippen molar-refractivity contribution < 1.29 is 0 Å². The summed E-state index contributed by atoms with van der Waals surface area (Å²) in [5.41, 5.74) is 4.79. The minimum Gasteiger partial charge on any atom is -0.313 e. The highest BCUT2D eigenvalue weighted by molar-refractivity contribution is 5.98. The molecule has 0 bridgehead atoms. The highest BCUT2D eigenvalue weighted by atomic mass is 15.3. The summed E-state index contributed by atoms with van der Waals surface area (Å²) in [6, 6.07) is 3.85. The molecular weight excluding hydrogens is 138 g/mol. The van der Waals surface area contributed by atoms with Crippen molar-refractivity contribution in [3.63, 3.8) is 0 Å². The van der Waals surface area contributed by atoms with Gasteiger partial charge in [0.1, 0.15) is 0 Å². The summed E-state index contributed by atoms with van der Waals surface area (Å²) in [5.74, 6) is 0. The lowest BCUT2D eigenvalue weighted by Crippen LogP contribution is -2.02. The van der Waals surface area contributed by atoms with Crippen LogP contribution in [0.1, 0.15) is 12.5 Å². The average Bonchev–Trinajstić information content (AvgIpc) is 2.07. The maximum Gasteiger partial charge on any atom is 0.0645 e. The molecule has 11 heavy (non-hydrogen) atoms. The van der Waals surface area contributed by atoms with Crippen molar-refractivity contribution in [2.24, 2.45) is 5.10 Å². The van der Waals surface area contributed by atoms with Crippen LogP contribution in [0.4, 0.5) is 0 Å². The molecule has 3 heteroatoms. The van der Waals surface area contributed by atoms with Crippen LogP contribution in [0.25, 0.3) is 0 Å². The number of hydrogen-bond acceptors (Lipinski definition) is 3. The van der Waals surface area contributed by atoms with Crippen molar-refractivity contribution in [3.05, 3.63) is 30.1 Å². The maximum absolute atomic E-state index is 4.03. The van der Waals surface area contributed by atoms with Crippen molar-refractivity contribution >= 4 is 5.71 Å². The smallest absolute Gasteiger partial charge is 0.0645 e. The first kappa shape index (κ1) is 7.72. The van der Waals surface area contributed by atoms with Crippen LogP contribution in [0.2, 0.25) is 0 Å². The van der Waals surface area contributed by atoms with E-state index in [1.54, 1.807) is 19.4 Å². The first-order valence-electron chi connectivity index (χ1n) is 3.46. The summed E-state index contributed by atoms with van der Waals surface area (Å²) >= 11 is 0. The number of hydrazone groups is 1. The summed E-state index contributed by atoms with van der Waals surface area (Å²) in [7, 11) is 1.78. The Morgan fingerprint density at radius 2 is 2.09 bits per heavy atom. The molecule has 0 spiro atoms. The number of nitrogens with zero attached hydrogens (tertiary/aromatic N) is 2. The van der Waals surface area contributed by atoms with E-state index in [1.165, 1.54) is 0 Å². The van der Waals surface area contributed by atoms with Gasteiger partial charge in [0.25, 0.3) is 0 Å². The first-order valence-corrected chi connectivity index (χ1v) is 3.46. The Labute approximate surface area is 66.2 Å². The standard InChI is InChI=1S/C8H11N3/c1-7(11-9-2)8-3-5-10-6-4-8/h3-6,9H,1-2H3/b11-7-. The molecule has 1 aromatic heterocycles. The molecule has 0 unspecified atom stereocenters. The first-order chi connectivity index (χ1) is 5.34. The molecule has 0 saturated carbocycles. The molecule has 0 radical (unpaired) electrons. The second-order valence-corrected chi connectivity index (χ2v) is 2.16. The quantitative estimate of drug-likeness (QED) is 0.503. The second-order valence-electron chi connectivity index (χ2n) is 2.16. The summed E-state index contributed by atoms with van der Waals surface area (Å²) in [5, 5.41) is 4.03. The summed E-state index contributed by atoms with van der Waals surface area (Å²) in [6.45, 7) is 1.95. The van der Waals surface area contributed by atoms with Crippen molar-refractivity contribution in [2.45, 2.75) is 6.92 Å². The second kappa shape index (κ2) is 3.71. The number of pyridine rings is 1. The normalized spacial score (nSPS) is 11.3. The van der Waals surface area contributed by atoms with Gasteiger partial charge in [0, 0.05) is 25.0 Å². The number of nitrogens with one attached hydrogen (secondary N) is 1. The van der Waals surface area contributed by atoms with Crippen LogP contribution < -0.4 is 5.43 Å². The van der Waals surface area contributed by atoms with Gasteiger partial charge in [-0.25, -0.2) is 0 Å². The molecule has 1 aromatic rings. The molecule has 1 N–H and O–H groups in total. The molecule has 0 saturated heterocycles. The third kappa shape index (κ3) is 2.04. The lowest BCUT2D eigenvalue weighted by molar-refractivity contribution is 0.899. The molecule has 1 heterocycles. The number of aromatic nitrogens is 1. The van der Waals surface area contributed by atoms with E-state index >= 15 is 0 Å². The van der Waals surface area contributed by atoms with Crippen molar-refractivity contribution in [1.82, 2.24) is 10.4 Å². The highest BCUT2D eigenvalue weighted by Gasteiger charge is 1.93. The largest absolute Gasteiger partial charge is 0.313 e. The van der Waals surface area contributed by atoms with E-state index in [4.69, 9.17) is 0 Å². The Morgan fingerprint density at radius 1 is 1.45 bits per heavy atom. The van der Waals surface area contributed by atoms with Crippen LogP contribution >= 0.6 is 0 Å². The summed E-state index contributed by atoms with van der Waals surface area (Å²) in [4.78, 5) is 3.91. The topological polar surface area (TPSA) is 37.3 Å². The molecule has 0 aromatic carbocycles. The van der Waals surface area contributed by atoms with Crippen LogP contribution in [-0.4, -0.2) is 17.7 Å². The SMILES string of the molecule is CN/N=C(/C)c1ccncc1. The fourth-order valence-corrected chi connectivity index (χ4v) is 0.825. The number of hydrogen-bond donors (Lipinski definition) is 1. The predicted octanol–water partition coefficient (Wildman–Crippen LogP) is 1.02. The minimum atomic E-state index is 0.968. The van der Waals surface area contributed by atoms with Gasteiger partial charge in [-0.1, -0.05) is 0 Å². The zero-order valence-electron chi connectivity index (χ0n) is 6.70. The molecule has 0 atom stereocenters. The molecule has 0 fully saturated rings. The number of rotatable bonds is 2. The van der Waals surface area contributed by atoms with Gasteiger partial charge in [0.05, 0.1) is 5.71 Å². The Hall–Kier alpha value is -1.38. The van der Waals surface area contributed by atoms with Gasteiger partial charge in [0.2, 0.25) is 0 Å². The average molecular weight is 149 g/mol. The van der Waals surface area contributed by atoms with Gasteiger partial charge in [-0.05, 0) is 19.1 Å². The Balaban J connectivity index is 2.85. The minimum absolute atomic E-state index is 0.968. The molecule has 0 aliphatic carbocycles. The van der Waals surface area contributed by atoms with E-state index in [0.29, 0.717) is 0 Å². The summed E-state index contributed by atoms with van der Waals surface area (Å²) in [6.07, 6.45) is 3.51. The van der Waals surface area contributed by atoms with Crippen molar-refractivity contribution in [2.75, 3.05) is 7.05 Å². The van der Waals surface area contributed by atoms with Crippen LogP contribution in [-0.2, 0) is 0 Å². The third-order valence-electron chi connectivity index (χ3n) is 1.38. The van der Waals surface area contributed by atoms with E-state index in [0.717, 1.165) is 11.3 Å². The van der Waals surface area contributed by atoms with Crippen LogP contribution in [0.5, 0.6) is 0 Å². The highest BCUT2D eigenvalue weighted by Crippen LogP contribution is 1.97. The monoisotopic (exact) mass is 149 g/mol. The lowest BCUT2D eigenvalue weighted by atomic mass is 10.2. The van der Waals surface area contributed by atoms with E-state index in [-0.39, 0.29) is 0 Å². The van der Waals surface area contributed by atoms with Gasteiger partial charge >= 0.3 is 0 Å². The van der Waals surface area contributed by atoms with E-state index in [2.05, 4.69) is 15.5 Å². The predicted molar refractivity (Wildman–Crippen MR) is 45.5 cm³/mol. The molecule has 0 amide bonds. The van der Waals surface area contributed by atoms with E-state index in [9.17, 15) is 0 Å². The fraction of sp³-hybridized carbons (Fsp3) is 0.250. The van der Waals surface area contributed by atoms with E-state index < -0.39 is 0 Å². The molecule has 58 valence electrons. The van der Waals surface area contributed by atoms with Crippen molar-refractivity contribution in [1.29, 1.82) is 0 Å². The molecule has 1 rings (SSSR count). The maximum atomic E-state index is 4.03. The van der Waals surface area contributed by atoms with Gasteiger partial charge in [-0.15, -0.1) is 0 Å². The Morgan fingerprint density at radius 3 is 2.64 bits per heavy atom. The molecule has 0 aliphatic rings. The molecular formula is C8H11N3. The van der Waals surface area contributed by atoms with Crippen LogP contribution in [0, 0.1) is 0 Å². The fourth-order valence-electron chi connectivity index (χ4n) is 0.825. The third-order valence-corrected chi connectivity index (χ3v) is 1.38. The van der Waals surface area contributed by atoms with E-state index in [1.807, 2.05) is 19.1 Å². The zero-order chi connectivity index (χ0) is 8.10. The summed E-state index contributed by atoms with van der Waals surface area (Å²) < 4.78 is 0. The Kier molecular flexibility index (Phi) is 2.60. The van der Waals surface area contributed by atoms with Gasteiger partial charge < -0.3 is 5.43 Å².